The molecule has 3 aromatic heterocycles. The van der Waals surface area contributed by atoms with Gasteiger partial charge in [-0.15, -0.1) is 0 Å². The number of pyridine rings is 3. The minimum Gasteiger partial charge on any atom is -0.256 e. The summed E-state index contributed by atoms with van der Waals surface area (Å²) in [5, 5.41) is 0. The molecule has 0 atom stereocenters. The van der Waals surface area contributed by atoms with Crippen LogP contribution in [0.1, 0.15) is 18.4 Å². The van der Waals surface area contributed by atoms with Crippen LogP contribution in [0.2, 0.25) is 0 Å². The Balaban J connectivity index is 1.32. The van der Waals surface area contributed by atoms with Crippen molar-refractivity contribution in [2.75, 3.05) is 0 Å². The second-order valence-electron chi connectivity index (χ2n) is 12.0. The second kappa shape index (κ2) is 13.3. The van der Waals surface area contributed by atoms with Crippen LogP contribution >= 0.6 is 0 Å². The predicted octanol–water partition coefficient (Wildman–Crippen LogP) is 11.6. The van der Waals surface area contributed by atoms with Crippen LogP contribution in [0.4, 0.5) is 0 Å². The highest BCUT2D eigenvalue weighted by atomic mass is 14.7. The molecule has 48 heavy (non-hydrogen) atoms. The Morgan fingerprint density at radius 1 is 0.375 bits per heavy atom. The molecule has 7 aromatic rings. The smallest absolute Gasteiger partial charge is 0.0715 e. The first-order valence-electron chi connectivity index (χ1n) is 16.4. The van der Waals surface area contributed by atoms with Crippen LogP contribution < -0.4 is 0 Å². The Morgan fingerprint density at radius 3 is 1.42 bits per heavy atom. The molecule has 0 aliphatic heterocycles. The highest BCUT2D eigenvalue weighted by molar-refractivity contribution is 5.84. The van der Waals surface area contributed by atoms with Crippen molar-refractivity contribution in [1.29, 1.82) is 0 Å². The van der Waals surface area contributed by atoms with E-state index in [2.05, 4.69) is 146 Å². The summed E-state index contributed by atoms with van der Waals surface area (Å²) in [7, 11) is 0. The van der Waals surface area contributed by atoms with Crippen LogP contribution in [0.5, 0.6) is 0 Å². The van der Waals surface area contributed by atoms with E-state index in [-0.39, 0.29) is 0 Å². The summed E-state index contributed by atoms with van der Waals surface area (Å²) in [5.41, 5.74) is 15.0. The van der Waals surface area contributed by atoms with E-state index in [0.29, 0.717) is 0 Å². The largest absolute Gasteiger partial charge is 0.256 e. The van der Waals surface area contributed by atoms with Crippen molar-refractivity contribution in [1.82, 2.24) is 15.0 Å². The fourth-order valence-electron chi connectivity index (χ4n) is 6.33. The Kier molecular flexibility index (Phi) is 8.08. The lowest BCUT2D eigenvalue weighted by molar-refractivity contribution is 1.05. The van der Waals surface area contributed by atoms with Gasteiger partial charge in [0.1, 0.15) is 0 Å². The molecule has 0 fully saturated rings. The summed E-state index contributed by atoms with van der Waals surface area (Å²) >= 11 is 0. The highest BCUT2D eigenvalue weighted by Gasteiger charge is 2.14. The van der Waals surface area contributed by atoms with Gasteiger partial charge in [-0.1, -0.05) is 109 Å². The van der Waals surface area contributed by atoms with Crippen LogP contribution in [-0.2, 0) is 0 Å². The second-order valence-corrected chi connectivity index (χ2v) is 12.0. The van der Waals surface area contributed by atoms with E-state index in [0.717, 1.165) is 80.1 Å². The average Bonchev–Trinajstić information content (AvgIpc) is 3.19. The Hall–Kier alpha value is -6.19. The van der Waals surface area contributed by atoms with Crippen LogP contribution in [-0.4, -0.2) is 15.0 Å². The van der Waals surface area contributed by atoms with E-state index < -0.39 is 0 Å². The SMILES string of the molecule is C1=CCCC(c2ccnc(-c3cc(-c4cc(-c5ccccc5)nc(-c5ccccc5)c4)cc(-c4cc(-c5ccccc5)ccn4)c3)c2)=C1. The van der Waals surface area contributed by atoms with Crippen molar-refractivity contribution >= 4 is 5.57 Å². The summed E-state index contributed by atoms with van der Waals surface area (Å²) in [6.07, 6.45) is 12.5. The minimum atomic E-state index is 0.913. The van der Waals surface area contributed by atoms with Crippen molar-refractivity contribution < 1.29 is 0 Å². The van der Waals surface area contributed by atoms with Gasteiger partial charge in [0.2, 0.25) is 0 Å². The summed E-state index contributed by atoms with van der Waals surface area (Å²) in [6.45, 7) is 0. The highest BCUT2D eigenvalue weighted by Crippen LogP contribution is 2.37. The Bertz CT molecular complexity index is 2210. The zero-order valence-corrected chi connectivity index (χ0v) is 26.5. The maximum absolute atomic E-state index is 5.13. The molecule has 0 saturated carbocycles. The Morgan fingerprint density at radius 2 is 0.854 bits per heavy atom. The summed E-state index contributed by atoms with van der Waals surface area (Å²) in [6, 6.07) is 51.0. The van der Waals surface area contributed by atoms with Gasteiger partial charge in [0.05, 0.1) is 22.8 Å². The van der Waals surface area contributed by atoms with Crippen LogP contribution in [0, 0.1) is 0 Å². The van der Waals surface area contributed by atoms with E-state index >= 15 is 0 Å². The van der Waals surface area contributed by atoms with Gasteiger partial charge in [-0.3, -0.25) is 9.97 Å². The molecule has 3 heteroatoms. The Labute approximate surface area is 281 Å². The normalized spacial score (nSPS) is 12.5. The lowest BCUT2D eigenvalue weighted by Crippen LogP contribution is -1.94. The van der Waals surface area contributed by atoms with E-state index in [1.165, 1.54) is 11.1 Å². The van der Waals surface area contributed by atoms with Crippen LogP contribution in [0.3, 0.4) is 0 Å². The van der Waals surface area contributed by atoms with Crippen molar-refractivity contribution in [2.24, 2.45) is 0 Å². The number of allylic oxidation sites excluding steroid dienone is 4. The molecule has 0 radical (unpaired) electrons. The molecule has 0 unspecified atom stereocenters. The molecule has 0 bridgehead atoms. The fraction of sp³-hybridized carbons (Fsp3) is 0.0444. The minimum absolute atomic E-state index is 0.913. The van der Waals surface area contributed by atoms with Gasteiger partial charge in [0.15, 0.2) is 0 Å². The third-order valence-electron chi connectivity index (χ3n) is 8.83. The monoisotopic (exact) mass is 615 g/mol. The van der Waals surface area contributed by atoms with E-state index in [9.17, 15) is 0 Å². The fourth-order valence-corrected chi connectivity index (χ4v) is 6.33. The first-order valence-corrected chi connectivity index (χ1v) is 16.4. The summed E-state index contributed by atoms with van der Waals surface area (Å²) in [5.74, 6) is 0. The van der Waals surface area contributed by atoms with Gasteiger partial charge >= 0.3 is 0 Å². The topological polar surface area (TPSA) is 38.7 Å². The molecule has 0 spiro atoms. The van der Waals surface area contributed by atoms with Crippen molar-refractivity contribution in [3.05, 3.63) is 182 Å². The lowest BCUT2D eigenvalue weighted by Gasteiger charge is -2.15. The van der Waals surface area contributed by atoms with Crippen molar-refractivity contribution in [3.8, 4) is 67.3 Å². The van der Waals surface area contributed by atoms with Crippen molar-refractivity contribution in [3.63, 3.8) is 0 Å². The first-order chi connectivity index (χ1) is 23.8. The van der Waals surface area contributed by atoms with Crippen molar-refractivity contribution in [2.45, 2.75) is 12.8 Å². The molecular formula is C45H33N3. The van der Waals surface area contributed by atoms with E-state index in [4.69, 9.17) is 15.0 Å². The van der Waals surface area contributed by atoms with Gasteiger partial charge < -0.3 is 0 Å². The number of nitrogens with zero attached hydrogens (tertiary/aromatic N) is 3. The van der Waals surface area contributed by atoms with Gasteiger partial charge in [0.25, 0.3) is 0 Å². The zero-order valence-electron chi connectivity index (χ0n) is 26.5. The number of hydrogen-bond acceptors (Lipinski definition) is 3. The van der Waals surface area contributed by atoms with Gasteiger partial charge in [-0.2, -0.15) is 0 Å². The molecule has 1 aliphatic rings. The molecule has 228 valence electrons. The third kappa shape index (κ3) is 6.27. The molecule has 0 amide bonds. The molecule has 0 saturated heterocycles. The quantitative estimate of drug-likeness (QED) is 0.179. The van der Waals surface area contributed by atoms with Gasteiger partial charge in [0, 0.05) is 34.6 Å². The molecule has 3 nitrogen and oxygen atoms in total. The maximum Gasteiger partial charge on any atom is 0.0715 e. The average molecular weight is 616 g/mol. The zero-order chi connectivity index (χ0) is 32.1. The van der Waals surface area contributed by atoms with E-state index in [1.54, 1.807) is 0 Å². The standard InChI is InChI=1S/C45H33N3/c1-5-13-32(14-6-1)36-21-23-46-42(28-36)40-25-38(26-41(27-40)43-29-37(22-24-47-43)33-15-7-2-8-16-33)39-30-44(34-17-9-3-10-18-34)48-45(31-39)35-19-11-4-12-20-35/h1-7,9-15,17-31H,8,16H2. The number of rotatable bonds is 7. The van der Waals surface area contributed by atoms with Crippen LogP contribution in [0.25, 0.3) is 72.9 Å². The molecule has 8 rings (SSSR count). The maximum atomic E-state index is 5.13. The molecule has 3 heterocycles. The first kappa shape index (κ1) is 29.2. The number of hydrogen-bond donors (Lipinski definition) is 0. The van der Waals surface area contributed by atoms with Gasteiger partial charge in [-0.25, -0.2) is 4.98 Å². The van der Waals surface area contributed by atoms with Gasteiger partial charge in [-0.05, 0) is 101 Å². The predicted molar refractivity (Wildman–Crippen MR) is 199 cm³/mol. The lowest BCUT2D eigenvalue weighted by atomic mass is 9.93. The molecule has 0 N–H and O–H groups in total. The van der Waals surface area contributed by atoms with E-state index in [1.807, 2.05) is 30.6 Å². The summed E-state index contributed by atoms with van der Waals surface area (Å²) < 4.78 is 0. The number of benzene rings is 4. The third-order valence-corrected chi connectivity index (χ3v) is 8.83. The summed E-state index contributed by atoms with van der Waals surface area (Å²) in [4.78, 5) is 14.9. The molecular weight excluding hydrogens is 583 g/mol. The number of aromatic nitrogens is 3. The molecule has 1 aliphatic carbocycles. The molecule has 4 aromatic carbocycles. The van der Waals surface area contributed by atoms with Crippen LogP contribution in [0.15, 0.2) is 176 Å².